The first-order valence-electron chi connectivity index (χ1n) is 13.9. The molecule has 6 heteroatoms. The third-order valence-electron chi connectivity index (χ3n) is 8.23. The first-order valence-corrected chi connectivity index (χ1v) is 13.9. The summed E-state index contributed by atoms with van der Waals surface area (Å²) >= 11 is 0. The molecule has 3 aromatic carbocycles. The van der Waals surface area contributed by atoms with Crippen LogP contribution in [0.3, 0.4) is 0 Å². The Morgan fingerprint density at radius 3 is 2.62 bits per heavy atom. The largest absolute Gasteiger partial charge is 0.497 e. The number of hydrogen-bond acceptors (Lipinski definition) is 4. The summed E-state index contributed by atoms with van der Waals surface area (Å²) in [6, 6.07) is 25.1. The second-order valence-corrected chi connectivity index (χ2v) is 10.7. The van der Waals surface area contributed by atoms with Crippen molar-refractivity contribution in [3.05, 3.63) is 95.7 Å². The SMILES string of the molecule is COc1ccc2cc([C@@H]3CC(=O)Nc4cccc5c4c3cn5Cc3ccccc3)c(N3CCCCC3)nc2c1. The van der Waals surface area contributed by atoms with Gasteiger partial charge in [-0.15, -0.1) is 0 Å². The summed E-state index contributed by atoms with van der Waals surface area (Å²) in [5.41, 5.74) is 6.50. The number of amides is 1. The van der Waals surface area contributed by atoms with Crippen LogP contribution in [-0.2, 0) is 11.3 Å². The van der Waals surface area contributed by atoms with Crippen LogP contribution >= 0.6 is 0 Å². The van der Waals surface area contributed by atoms with E-state index in [4.69, 9.17) is 9.72 Å². The van der Waals surface area contributed by atoms with Gasteiger partial charge in [0.15, 0.2) is 0 Å². The molecule has 4 heterocycles. The number of ether oxygens (including phenoxy) is 1. The number of hydrogen-bond donors (Lipinski definition) is 1. The summed E-state index contributed by atoms with van der Waals surface area (Å²) in [5, 5.41) is 5.40. The van der Waals surface area contributed by atoms with Crippen LogP contribution in [-0.4, -0.2) is 35.7 Å². The number of anilines is 2. The molecule has 2 aliphatic heterocycles. The van der Waals surface area contributed by atoms with Crippen molar-refractivity contribution in [2.45, 2.75) is 38.1 Å². The van der Waals surface area contributed by atoms with E-state index in [1.165, 1.54) is 17.5 Å². The molecule has 0 bridgehead atoms. The average molecular weight is 517 g/mol. The standard InChI is InChI=1S/C33H32N4O2/c1-39-24-14-13-23-17-26(33(35-29(23)18-24)36-15-6-3-7-16-36)25-19-31(38)34-28-11-8-12-30-32(28)27(25)21-37(30)20-22-9-4-2-5-10-22/h2,4-5,8-14,17-18,21,25H,3,6-7,15-16,19-20H2,1H3,(H,34,38)/t25-/m0/s1. The van der Waals surface area contributed by atoms with Crippen molar-refractivity contribution in [3.63, 3.8) is 0 Å². The molecule has 1 N–H and O–H groups in total. The number of rotatable bonds is 5. The molecule has 2 aliphatic rings. The Morgan fingerprint density at radius 2 is 1.79 bits per heavy atom. The zero-order chi connectivity index (χ0) is 26.3. The van der Waals surface area contributed by atoms with E-state index in [0.29, 0.717) is 6.42 Å². The molecule has 0 saturated carbocycles. The third kappa shape index (κ3) is 4.30. The van der Waals surface area contributed by atoms with E-state index in [1.807, 2.05) is 24.3 Å². The van der Waals surface area contributed by atoms with E-state index in [1.54, 1.807) is 7.11 Å². The van der Waals surface area contributed by atoms with Crippen molar-refractivity contribution in [1.29, 1.82) is 0 Å². The highest BCUT2D eigenvalue weighted by atomic mass is 16.5. The first-order chi connectivity index (χ1) is 19.2. The highest BCUT2D eigenvalue weighted by Gasteiger charge is 2.31. The Morgan fingerprint density at radius 1 is 0.949 bits per heavy atom. The highest BCUT2D eigenvalue weighted by molar-refractivity contribution is 6.06. The lowest BCUT2D eigenvalue weighted by atomic mass is 9.87. The van der Waals surface area contributed by atoms with Crippen molar-refractivity contribution in [3.8, 4) is 5.75 Å². The van der Waals surface area contributed by atoms with Gasteiger partial charge in [0.05, 0.1) is 23.8 Å². The number of fused-ring (bicyclic) bond motifs is 1. The molecule has 2 aromatic heterocycles. The lowest BCUT2D eigenvalue weighted by Gasteiger charge is -2.31. The van der Waals surface area contributed by atoms with Crippen molar-refractivity contribution in [2.75, 3.05) is 30.4 Å². The fraction of sp³-hybridized carbons (Fsp3) is 0.273. The van der Waals surface area contributed by atoms with Crippen LogP contribution in [0.15, 0.2) is 79.0 Å². The van der Waals surface area contributed by atoms with Crippen LogP contribution in [0.1, 0.15) is 48.3 Å². The molecule has 1 amide bonds. The van der Waals surface area contributed by atoms with Crippen LogP contribution in [0, 0.1) is 0 Å². The Balaban J connectivity index is 1.44. The Hall–Kier alpha value is -4.32. The highest BCUT2D eigenvalue weighted by Crippen LogP contribution is 2.44. The number of piperidine rings is 1. The van der Waals surface area contributed by atoms with Gasteiger partial charge in [0.1, 0.15) is 11.6 Å². The van der Waals surface area contributed by atoms with Gasteiger partial charge in [-0.3, -0.25) is 4.79 Å². The van der Waals surface area contributed by atoms with E-state index < -0.39 is 0 Å². The monoisotopic (exact) mass is 516 g/mol. The summed E-state index contributed by atoms with van der Waals surface area (Å²) in [5.74, 6) is 1.73. The number of carbonyl (C=O) groups is 1. The molecular formula is C33H32N4O2. The van der Waals surface area contributed by atoms with E-state index >= 15 is 0 Å². The molecule has 39 heavy (non-hydrogen) atoms. The van der Waals surface area contributed by atoms with Gasteiger partial charge in [-0.05, 0) is 60.7 Å². The normalized spacial score (nSPS) is 17.3. The second-order valence-electron chi connectivity index (χ2n) is 10.7. The summed E-state index contributed by atoms with van der Waals surface area (Å²) < 4.78 is 7.83. The number of methoxy groups -OCH3 is 1. The van der Waals surface area contributed by atoms with Gasteiger partial charge in [0, 0.05) is 60.6 Å². The summed E-state index contributed by atoms with van der Waals surface area (Å²) in [7, 11) is 1.69. The maximum absolute atomic E-state index is 13.3. The Labute approximate surface area is 228 Å². The molecule has 0 unspecified atom stereocenters. The molecule has 0 aliphatic carbocycles. The van der Waals surface area contributed by atoms with Crippen molar-refractivity contribution in [1.82, 2.24) is 9.55 Å². The predicted octanol–water partition coefficient (Wildman–Crippen LogP) is 6.71. The molecule has 7 rings (SSSR count). The minimum Gasteiger partial charge on any atom is -0.497 e. The van der Waals surface area contributed by atoms with Crippen LogP contribution in [0.25, 0.3) is 21.8 Å². The van der Waals surface area contributed by atoms with Gasteiger partial charge in [-0.25, -0.2) is 4.98 Å². The molecule has 0 spiro atoms. The average Bonchev–Trinajstić information content (AvgIpc) is 3.27. The Bertz CT molecular complexity index is 1690. The topological polar surface area (TPSA) is 59.4 Å². The van der Waals surface area contributed by atoms with E-state index in [-0.39, 0.29) is 11.8 Å². The molecule has 6 nitrogen and oxygen atoms in total. The Kier molecular flexibility index (Phi) is 5.95. The van der Waals surface area contributed by atoms with Crippen LogP contribution in [0.2, 0.25) is 0 Å². The summed E-state index contributed by atoms with van der Waals surface area (Å²) in [6.45, 7) is 2.74. The van der Waals surface area contributed by atoms with E-state index in [0.717, 1.165) is 77.1 Å². The van der Waals surface area contributed by atoms with Crippen LogP contribution < -0.4 is 15.0 Å². The smallest absolute Gasteiger partial charge is 0.225 e. The fourth-order valence-electron chi connectivity index (χ4n) is 6.33. The van der Waals surface area contributed by atoms with Gasteiger partial charge in [-0.1, -0.05) is 36.4 Å². The van der Waals surface area contributed by atoms with Crippen molar-refractivity contribution in [2.24, 2.45) is 0 Å². The van der Waals surface area contributed by atoms with Gasteiger partial charge in [0.2, 0.25) is 5.91 Å². The van der Waals surface area contributed by atoms with Crippen LogP contribution in [0.5, 0.6) is 5.75 Å². The molecule has 196 valence electrons. The zero-order valence-electron chi connectivity index (χ0n) is 22.2. The summed E-state index contributed by atoms with van der Waals surface area (Å²) in [6.07, 6.45) is 6.20. The van der Waals surface area contributed by atoms with Gasteiger partial charge in [-0.2, -0.15) is 0 Å². The quantitative estimate of drug-likeness (QED) is 0.282. The molecule has 1 atom stereocenters. The van der Waals surface area contributed by atoms with E-state index in [9.17, 15) is 4.79 Å². The first kappa shape index (κ1) is 23.8. The van der Waals surface area contributed by atoms with Gasteiger partial charge < -0.3 is 19.5 Å². The maximum Gasteiger partial charge on any atom is 0.225 e. The third-order valence-corrected chi connectivity index (χ3v) is 8.23. The molecule has 1 fully saturated rings. The van der Waals surface area contributed by atoms with Gasteiger partial charge >= 0.3 is 0 Å². The minimum atomic E-state index is -0.107. The maximum atomic E-state index is 13.3. The number of nitrogens with zero attached hydrogens (tertiary/aromatic N) is 3. The number of carbonyl (C=O) groups excluding carboxylic acids is 1. The number of benzene rings is 3. The molecular weight excluding hydrogens is 484 g/mol. The second kappa shape index (κ2) is 9.77. The number of pyridine rings is 1. The molecule has 0 radical (unpaired) electrons. The lowest BCUT2D eigenvalue weighted by Crippen LogP contribution is -2.31. The van der Waals surface area contributed by atoms with Crippen molar-refractivity contribution >= 4 is 39.2 Å². The molecule has 5 aromatic rings. The predicted molar refractivity (Wildman–Crippen MR) is 157 cm³/mol. The lowest BCUT2D eigenvalue weighted by molar-refractivity contribution is -0.116. The van der Waals surface area contributed by atoms with Gasteiger partial charge in [0.25, 0.3) is 0 Å². The minimum absolute atomic E-state index is 0.0396. The van der Waals surface area contributed by atoms with Crippen LogP contribution in [0.4, 0.5) is 11.5 Å². The zero-order valence-corrected chi connectivity index (χ0v) is 22.2. The number of nitrogens with one attached hydrogen (secondary N) is 1. The number of aromatic nitrogens is 2. The summed E-state index contributed by atoms with van der Waals surface area (Å²) in [4.78, 5) is 21.0. The van der Waals surface area contributed by atoms with E-state index in [2.05, 4.69) is 69.5 Å². The van der Waals surface area contributed by atoms with Crippen molar-refractivity contribution < 1.29 is 9.53 Å². The fourth-order valence-corrected chi connectivity index (χ4v) is 6.33. The molecule has 1 saturated heterocycles.